The van der Waals surface area contributed by atoms with Crippen LogP contribution in [0.1, 0.15) is 27.9 Å². The summed E-state index contributed by atoms with van der Waals surface area (Å²) in [6, 6.07) is 15.9. The molecule has 1 aliphatic rings. The van der Waals surface area contributed by atoms with Crippen LogP contribution in [0.5, 0.6) is 5.75 Å². The van der Waals surface area contributed by atoms with Crippen molar-refractivity contribution in [3.05, 3.63) is 98.5 Å². The summed E-state index contributed by atoms with van der Waals surface area (Å²) >= 11 is 17.8. The van der Waals surface area contributed by atoms with Gasteiger partial charge >= 0.3 is 12.1 Å². The molecule has 3 aromatic rings. The van der Waals surface area contributed by atoms with E-state index in [2.05, 4.69) is 5.16 Å². The molecule has 170 valence electrons. The van der Waals surface area contributed by atoms with Gasteiger partial charge in [0.15, 0.2) is 0 Å². The highest BCUT2D eigenvalue weighted by atomic mass is 35.5. The van der Waals surface area contributed by atoms with E-state index in [1.807, 2.05) is 0 Å². The highest BCUT2D eigenvalue weighted by Crippen LogP contribution is 2.49. The second-order valence-electron chi connectivity index (χ2n) is 7.18. The van der Waals surface area contributed by atoms with E-state index in [1.54, 1.807) is 18.2 Å². The summed E-state index contributed by atoms with van der Waals surface area (Å²) in [5.74, 6) is -0.476. The van der Waals surface area contributed by atoms with Gasteiger partial charge in [-0.2, -0.15) is 13.2 Å². The van der Waals surface area contributed by atoms with E-state index < -0.39 is 24.2 Å². The highest BCUT2D eigenvalue weighted by molar-refractivity contribution is 6.34. The van der Waals surface area contributed by atoms with Gasteiger partial charge in [-0.1, -0.05) is 52.1 Å². The van der Waals surface area contributed by atoms with Gasteiger partial charge in [0, 0.05) is 22.0 Å². The van der Waals surface area contributed by atoms with Crippen LogP contribution < -0.4 is 4.74 Å². The number of oxime groups is 1. The molecule has 4 nitrogen and oxygen atoms in total. The lowest BCUT2D eigenvalue weighted by molar-refractivity contribution is -0.275. The third kappa shape index (κ3) is 4.67. The summed E-state index contributed by atoms with van der Waals surface area (Å²) in [5, 5.41) is 4.02. The van der Waals surface area contributed by atoms with Crippen LogP contribution in [0.15, 0.2) is 71.9 Å². The van der Waals surface area contributed by atoms with Crippen LogP contribution in [0.25, 0.3) is 0 Å². The minimum Gasteiger partial charge on any atom is -0.423 e. The van der Waals surface area contributed by atoms with E-state index >= 15 is 0 Å². The van der Waals surface area contributed by atoms with Crippen molar-refractivity contribution in [2.45, 2.75) is 18.2 Å². The molecule has 0 amide bonds. The van der Waals surface area contributed by atoms with E-state index in [0.29, 0.717) is 5.56 Å². The maximum atomic E-state index is 14.1. The Morgan fingerprint density at radius 2 is 1.61 bits per heavy atom. The normalized spacial score (nSPS) is 17.9. The first-order chi connectivity index (χ1) is 15.6. The summed E-state index contributed by atoms with van der Waals surface area (Å²) in [4.78, 5) is 17.3. The van der Waals surface area contributed by atoms with Crippen molar-refractivity contribution in [3.8, 4) is 5.75 Å². The molecule has 0 spiro atoms. The van der Waals surface area contributed by atoms with Crippen molar-refractivity contribution in [2.24, 2.45) is 5.16 Å². The van der Waals surface area contributed by atoms with Crippen molar-refractivity contribution in [3.63, 3.8) is 0 Å². The lowest BCUT2D eigenvalue weighted by Gasteiger charge is -2.29. The van der Waals surface area contributed by atoms with Crippen LogP contribution in [0.3, 0.4) is 0 Å². The number of esters is 1. The van der Waals surface area contributed by atoms with Crippen LogP contribution >= 0.6 is 34.8 Å². The highest BCUT2D eigenvalue weighted by Gasteiger charge is 2.62. The molecule has 3 aromatic carbocycles. The molecular formula is C23H13Cl3F3NO3. The lowest BCUT2D eigenvalue weighted by atomic mass is 9.86. The topological polar surface area (TPSA) is 47.9 Å². The Labute approximate surface area is 201 Å². The first kappa shape index (κ1) is 23.4. The molecule has 0 fully saturated rings. The fraction of sp³-hybridized carbons (Fsp3) is 0.130. The summed E-state index contributed by atoms with van der Waals surface area (Å²) in [5.41, 5.74) is -2.37. The number of halogens is 6. The van der Waals surface area contributed by atoms with E-state index in [0.717, 1.165) is 12.1 Å². The zero-order valence-electron chi connectivity index (χ0n) is 16.5. The van der Waals surface area contributed by atoms with Gasteiger partial charge in [-0.05, 0) is 60.2 Å². The molecule has 0 bridgehead atoms. The SMILES string of the molecule is O=C(Oc1ccc(C2=NOC(c3cc(Cl)cc(Cl)c3)(C(F)(F)F)C2)cc1)c1ccccc1Cl. The first-order valence-corrected chi connectivity index (χ1v) is 10.6. The summed E-state index contributed by atoms with van der Waals surface area (Å²) in [6.45, 7) is 0. The van der Waals surface area contributed by atoms with Gasteiger partial charge in [0.1, 0.15) is 5.75 Å². The average Bonchev–Trinajstić information content (AvgIpc) is 3.21. The van der Waals surface area contributed by atoms with Gasteiger partial charge in [-0.15, -0.1) is 0 Å². The number of carbonyl (C=O) groups excluding carboxylic acids is 1. The van der Waals surface area contributed by atoms with Crippen molar-refractivity contribution < 1.29 is 27.5 Å². The molecule has 0 saturated carbocycles. The molecule has 0 aliphatic carbocycles. The molecule has 0 aromatic heterocycles. The summed E-state index contributed by atoms with van der Waals surface area (Å²) < 4.78 is 47.6. The number of hydrogen-bond donors (Lipinski definition) is 0. The van der Waals surface area contributed by atoms with Crippen LogP contribution in [0.4, 0.5) is 13.2 Å². The van der Waals surface area contributed by atoms with Crippen molar-refractivity contribution in [2.75, 3.05) is 0 Å². The van der Waals surface area contributed by atoms with Gasteiger partial charge in [0.05, 0.1) is 16.3 Å². The zero-order valence-corrected chi connectivity index (χ0v) is 18.8. The Balaban J connectivity index is 1.55. The quantitative estimate of drug-likeness (QED) is 0.268. The number of rotatable bonds is 4. The molecule has 1 atom stereocenters. The molecule has 1 aliphatic heterocycles. The third-order valence-corrected chi connectivity index (χ3v) is 5.77. The van der Waals surface area contributed by atoms with Crippen LogP contribution in [-0.2, 0) is 10.4 Å². The maximum Gasteiger partial charge on any atom is 0.435 e. The zero-order chi connectivity index (χ0) is 23.8. The van der Waals surface area contributed by atoms with E-state index in [-0.39, 0.29) is 37.7 Å². The summed E-state index contributed by atoms with van der Waals surface area (Å²) in [6.07, 6.45) is -5.39. The number of alkyl halides is 3. The first-order valence-electron chi connectivity index (χ1n) is 9.44. The maximum absolute atomic E-state index is 14.1. The average molecular weight is 515 g/mol. The van der Waals surface area contributed by atoms with Crippen molar-refractivity contribution in [1.29, 1.82) is 0 Å². The number of hydrogen-bond acceptors (Lipinski definition) is 4. The number of ether oxygens (including phenoxy) is 1. The minimum atomic E-state index is -4.79. The number of carbonyl (C=O) groups is 1. The molecule has 0 radical (unpaired) electrons. The summed E-state index contributed by atoms with van der Waals surface area (Å²) in [7, 11) is 0. The van der Waals surface area contributed by atoms with Crippen molar-refractivity contribution >= 4 is 46.5 Å². The number of benzene rings is 3. The smallest absolute Gasteiger partial charge is 0.423 e. The van der Waals surface area contributed by atoms with Gasteiger partial charge in [-0.25, -0.2) is 4.79 Å². The molecule has 1 unspecified atom stereocenters. The fourth-order valence-electron chi connectivity index (χ4n) is 3.35. The largest absolute Gasteiger partial charge is 0.435 e. The molecule has 0 saturated heterocycles. The predicted octanol–water partition coefficient (Wildman–Crippen LogP) is 7.45. The van der Waals surface area contributed by atoms with Gasteiger partial charge in [-0.3, -0.25) is 0 Å². The Hall–Kier alpha value is -2.74. The predicted molar refractivity (Wildman–Crippen MR) is 119 cm³/mol. The molecular weight excluding hydrogens is 502 g/mol. The van der Waals surface area contributed by atoms with Crippen LogP contribution in [-0.4, -0.2) is 17.9 Å². The lowest BCUT2D eigenvalue weighted by Crippen LogP contribution is -2.42. The monoisotopic (exact) mass is 513 g/mol. The Morgan fingerprint density at radius 1 is 0.970 bits per heavy atom. The van der Waals surface area contributed by atoms with Gasteiger partial charge in [0.25, 0.3) is 5.60 Å². The fourth-order valence-corrected chi connectivity index (χ4v) is 4.09. The second kappa shape index (κ2) is 8.89. The Kier molecular flexibility index (Phi) is 6.31. The second-order valence-corrected chi connectivity index (χ2v) is 8.46. The van der Waals surface area contributed by atoms with Gasteiger partial charge in [0.2, 0.25) is 0 Å². The van der Waals surface area contributed by atoms with Gasteiger partial charge < -0.3 is 9.57 Å². The Morgan fingerprint density at radius 3 is 2.21 bits per heavy atom. The van der Waals surface area contributed by atoms with Crippen LogP contribution in [0.2, 0.25) is 15.1 Å². The van der Waals surface area contributed by atoms with Crippen molar-refractivity contribution in [1.82, 2.24) is 0 Å². The van der Waals surface area contributed by atoms with E-state index in [1.165, 1.54) is 36.4 Å². The van der Waals surface area contributed by atoms with E-state index in [9.17, 15) is 18.0 Å². The minimum absolute atomic E-state index is 0.0443. The molecule has 0 N–H and O–H groups in total. The molecule has 33 heavy (non-hydrogen) atoms. The van der Waals surface area contributed by atoms with E-state index in [4.69, 9.17) is 44.4 Å². The molecule has 10 heteroatoms. The van der Waals surface area contributed by atoms with Crippen LogP contribution in [0, 0.1) is 0 Å². The molecule has 1 heterocycles. The third-order valence-electron chi connectivity index (χ3n) is 5.01. The number of nitrogens with zero attached hydrogens (tertiary/aromatic N) is 1. The Bertz CT molecular complexity index is 1230. The molecule has 4 rings (SSSR count). The standard InChI is InChI=1S/C23H13Cl3F3NO3/c24-15-9-14(10-16(25)11-15)22(23(27,28)29)12-20(30-33-22)13-5-7-17(8-6-13)32-21(31)18-3-1-2-4-19(18)26/h1-11H,12H2.